The number of nitrogens with zero attached hydrogens (tertiary/aromatic N) is 3. The van der Waals surface area contributed by atoms with Gasteiger partial charge in [0.2, 0.25) is 0 Å². The molecule has 0 unspecified atom stereocenters. The molecular weight excluding hydrogens is 403 g/mol. The summed E-state index contributed by atoms with van der Waals surface area (Å²) in [5.41, 5.74) is 2.08. The van der Waals surface area contributed by atoms with Gasteiger partial charge in [0.05, 0.1) is 17.2 Å². The van der Waals surface area contributed by atoms with Crippen LogP contribution in [0.1, 0.15) is 58.0 Å². The zero-order valence-corrected chi connectivity index (χ0v) is 16.8. The number of rotatable bonds is 4. The van der Waals surface area contributed by atoms with E-state index in [1.54, 1.807) is 36.8 Å². The number of hydrogen-bond donors (Lipinski definition) is 0. The molecule has 0 N–H and O–H groups in total. The van der Waals surface area contributed by atoms with Crippen molar-refractivity contribution in [3.63, 3.8) is 0 Å². The third-order valence-electron chi connectivity index (χ3n) is 5.54. The molecule has 0 spiro atoms. The van der Waals surface area contributed by atoms with Gasteiger partial charge in [-0.05, 0) is 54.7 Å². The first-order valence-corrected chi connectivity index (χ1v) is 10.2. The number of carbonyl (C=O) groups is 1. The molecule has 1 amide bonds. The van der Waals surface area contributed by atoms with Crippen molar-refractivity contribution >= 4 is 5.91 Å². The van der Waals surface area contributed by atoms with E-state index in [2.05, 4.69) is 9.97 Å². The number of aromatic nitrogens is 2. The van der Waals surface area contributed by atoms with Crippen molar-refractivity contribution in [1.82, 2.24) is 14.9 Å². The number of piperidine rings is 1. The van der Waals surface area contributed by atoms with Gasteiger partial charge in [-0.2, -0.15) is 13.2 Å². The van der Waals surface area contributed by atoms with Crippen LogP contribution in [-0.2, 0) is 12.6 Å². The van der Waals surface area contributed by atoms with E-state index in [1.807, 2.05) is 17.0 Å². The molecule has 0 bridgehead atoms. The quantitative estimate of drug-likeness (QED) is 0.558. The van der Waals surface area contributed by atoms with Gasteiger partial charge in [-0.3, -0.25) is 14.8 Å². The van der Waals surface area contributed by atoms with Crippen LogP contribution in [0.25, 0.3) is 0 Å². The summed E-state index contributed by atoms with van der Waals surface area (Å²) in [6.45, 7) is 0.671. The molecule has 1 fully saturated rings. The number of pyridine rings is 2. The second-order valence-corrected chi connectivity index (χ2v) is 7.71. The summed E-state index contributed by atoms with van der Waals surface area (Å²) in [5.74, 6) is -0.0501. The van der Waals surface area contributed by atoms with E-state index in [4.69, 9.17) is 0 Å². The average Bonchev–Trinajstić information content (AvgIpc) is 2.79. The minimum absolute atomic E-state index is 0.0501. The largest absolute Gasteiger partial charge is 0.416 e. The Labute approximate surface area is 178 Å². The molecule has 1 aromatic carbocycles. The van der Waals surface area contributed by atoms with Crippen molar-refractivity contribution in [2.75, 3.05) is 6.54 Å². The van der Waals surface area contributed by atoms with Crippen LogP contribution in [0.5, 0.6) is 0 Å². The highest BCUT2D eigenvalue weighted by atomic mass is 19.4. The van der Waals surface area contributed by atoms with Crippen LogP contribution >= 0.6 is 0 Å². The Kier molecular flexibility index (Phi) is 6.02. The van der Waals surface area contributed by atoms with E-state index in [1.165, 1.54) is 6.07 Å². The van der Waals surface area contributed by atoms with Crippen LogP contribution in [0.2, 0.25) is 0 Å². The van der Waals surface area contributed by atoms with Crippen molar-refractivity contribution in [2.24, 2.45) is 0 Å². The van der Waals surface area contributed by atoms with Crippen LogP contribution in [0.15, 0.2) is 67.1 Å². The number of carbonyl (C=O) groups excluding carboxylic acids is 1. The predicted octanol–water partition coefficient (Wildman–Crippen LogP) is 5.45. The van der Waals surface area contributed by atoms with Gasteiger partial charge in [0, 0.05) is 37.3 Å². The number of halogens is 3. The summed E-state index contributed by atoms with van der Waals surface area (Å²) in [6, 6.07) is 12.5. The Hall–Kier alpha value is -3.22. The third kappa shape index (κ3) is 4.93. The zero-order chi connectivity index (χ0) is 21.8. The molecule has 2 aromatic heterocycles. The van der Waals surface area contributed by atoms with Crippen LogP contribution in [-0.4, -0.2) is 27.3 Å². The van der Waals surface area contributed by atoms with Gasteiger partial charge in [0.15, 0.2) is 0 Å². The van der Waals surface area contributed by atoms with Crippen molar-refractivity contribution in [3.8, 4) is 0 Å². The molecule has 1 aliphatic rings. The first-order chi connectivity index (χ1) is 14.9. The molecule has 0 radical (unpaired) electrons. The highest BCUT2D eigenvalue weighted by molar-refractivity contribution is 5.94. The van der Waals surface area contributed by atoms with E-state index in [9.17, 15) is 18.0 Å². The standard InChI is InChI=1S/C24H22F3N3O/c25-24(26,27)20-7-3-5-17(13-20)14-21-10-9-18(16-29-21)22-8-1-2-12-30(22)23(31)19-6-4-11-28-15-19/h3-7,9-11,13,15-16,22H,1-2,8,12,14H2/t22-/m0/s1. The molecule has 4 nitrogen and oxygen atoms in total. The summed E-state index contributed by atoms with van der Waals surface area (Å²) >= 11 is 0. The number of likely N-dealkylation sites (tertiary alicyclic amines) is 1. The SMILES string of the molecule is O=C(c1cccnc1)N1CCCC[C@H]1c1ccc(Cc2cccc(C(F)(F)F)c2)nc1. The minimum atomic E-state index is -4.36. The summed E-state index contributed by atoms with van der Waals surface area (Å²) < 4.78 is 38.8. The molecule has 4 rings (SSSR count). The number of amides is 1. The molecule has 1 aliphatic heterocycles. The Bertz CT molecular complexity index is 1040. The lowest BCUT2D eigenvalue weighted by Crippen LogP contribution is -2.38. The summed E-state index contributed by atoms with van der Waals surface area (Å²) in [5, 5.41) is 0. The topological polar surface area (TPSA) is 46.1 Å². The van der Waals surface area contributed by atoms with Gasteiger partial charge < -0.3 is 4.90 Å². The Morgan fingerprint density at radius 2 is 1.94 bits per heavy atom. The van der Waals surface area contributed by atoms with Gasteiger partial charge >= 0.3 is 6.18 Å². The Balaban J connectivity index is 1.51. The summed E-state index contributed by atoms with van der Waals surface area (Å²) in [4.78, 5) is 23.4. The average molecular weight is 425 g/mol. The summed E-state index contributed by atoms with van der Waals surface area (Å²) in [7, 11) is 0. The molecule has 0 aliphatic carbocycles. The molecule has 160 valence electrons. The van der Waals surface area contributed by atoms with Crippen molar-refractivity contribution in [2.45, 2.75) is 37.9 Å². The highest BCUT2D eigenvalue weighted by Crippen LogP contribution is 2.32. The maximum Gasteiger partial charge on any atom is 0.416 e. The van der Waals surface area contributed by atoms with Gasteiger partial charge in [0.25, 0.3) is 5.91 Å². The molecule has 31 heavy (non-hydrogen) atoms. The smallest absolute Gasteiger partial charge is 0.332 e. The Morgan fingerprint density at radius 1 is 1.06 bits per heavy atom. The first kappa shape index (κ1) is 21.0. The second-order valence-electron chi connectivity index (χ2n) is 7.71. The number of alkyl halides is 3. The number of hydrogen-bond acceptors (Lipinski definition) is 3. The van der Waals surface area contributed by atoms with Gasteiger partial charge in [-0.1, -0.05) is 24.3 Å². The van der Waals surface area contributed by atoms with Gasteiger partial charge in [-0.15, -0.1) is 0 Å². The van der Waals surface area contributed by atoms with Crippen molar-refractivity contribution < 1.29 is 18.0 Å². The van der Waals surface area contributed by atoms with Crippen LogP contribution in [0.3, 0.4) is 0 Å². The van der Waals surface area contributed by atoms with E-state index in [0.29, 0.717) is 29.8 Å². The van der Waals surface area contributed by atoms with E-state index >= 15 is 0 Å². The Morgan fingerprint density at radius 3 is 2.65 bits per heavy atom. The lowest BCUT2D eigenvalue weighted by Gasteiger charge is -2.36. The second kappa shape index (κ2) is 8.88. The van der Waals surface area contributed by atoms with Crippen molar-refractivity contribution in [1.29, 1.82) is 0 Å². The summed E-state index contributed by atoms with van der Waals surface area (Å²) in [6.07, 6.45) is 3.72. The van der Waals surface area contributed by atoms with E-state index in [0.717, 1.165) is 37.0 Å². The maximum atomic E-state index is 13.0. The molecule has 0 saturated carbocycles. The van der Waals surface area contributed by atoms with Crippen LogP contribution in [0.4, 0.5) is 13.2 Å². The number of benzene rings is 1. The molecule has 1 saturated heterocycles. The minimum Gasteiger partial charge on any atom is -0.332 e. The zero-order valence-electron chi connectivity index (χ0n) is 16.8. The van der Waals surface area contributed by atoms with E-state index < -0.39 is 11.7 Å². The lowest BCUT2D eigenvalue weighted by molar-refractivity contribution is -0.137. The fourth-order valence-electron chi connectivity index (χ4n) is 3.98. The third-order valence-corrected chi connectivity index (χ3v) is 5.54. The first-order valence-electron chi connectivity index (χ1n) is 10.2. The highest BCUT2D eigenvalue weighted by Gasteiger charge is 2.31. The van der Waals surface area contributed by atoms with Crippen molar-refractivity contribution in [3.05, 3.63) is 95.1 Å². The predicted molar refractivity (Wildman–Crippen MR) is 110 cm³/mol. The lowest BCUT2D eigenvalue weighted by atomic mass is 9.95. The van der Waals surface area contributed by atoms with Gasteiger partial charge in [-0.25, -0.2) is 0 Å². The van der Waals surface area contributed by atoms with Gasteiger partial charge in [0.1, 0.15) is 0 Å². The van der Waals surface area contributed by atoms with Crippen LogP contribution in [0, 0.1) is 0 Å². The fourth-order valence-corrected chi connectivity index (χ4v) is 3.98. The molecule has 1 atom stereocenters. The molecule has 3 aromatic rings. The normalized spacial score (nSPS) is 16.9. The molecule has 7 heteroatoms. The molecular formula is C24H22F3N3O. The maximum absolute atomic E-state index is 13.0. The fraction of sp³-hybridized carbons (Fsp3) is 0.292. The van der Waals surface area contributed by atoms with E-state index in [-0.39, 0.29) is 11.9 Å². The molecule has 3 heterocycles. The monoisotopic (exact) mass is 425 g/mol. The van der Waals surface area contributed by atoms with Crippen LogP contribution < -0.4 is 0 Å².